The van der Waals surface area contributed by atoms with Crippen LogP contribution in [0, 0.1) is 0 Å². The molecule has 0 atom stereocenters. The summed E-state index contributed by atoms with van der Waals surface area (Å²) in [7, 11) is 0. The van der Waals surface area contributed by atoms with Crippen molar-refractivity contribution in [2.75, 3.05) is 22.9 Å². The molecule has 0 heterocycles. The molecule has 0 spiro atoms. The Morgan fingerprint density at radius 2 is 0.767 bits per heavy atom. The van der Waals surface area contributed by atoms with Gasteiger partial charge < -0.3 is 22.9 Å². The van der Waals surface area contributed by atoms with Crippen LogP contribution in [0.5, 0.6) is 0 Å². The quantitative estimate of drug-likeness (QED) is 0.289. The van der Waals surface area contributed by atoms with Gasteiger partial charge in [-0.2, -0.15) is 0 Å². The van der Waals surface area contributed by atoms with Gasteiger partial charge in [0, 0.05) is 45.0 Å². The Morgan fingerprint density at radius 1 is 0.400 bits per heavy atom. The topological polar surface area (TPSA) is 104 Å². The van der Waals surface area contributed by atoms with E-state index in [9.17, 15) is 0 Å². The Balaban J connectivity index is 2.19. The van der Waals surface area contributed by atoms with E-state index < -0.39 is 0 Å². The highest BCUT2D eigenvalue weighted by Crippen LogP contribution is 2.42. The Bertz CT molecular complexity index is 1180. The first-order chi connectivity index (χ1) is 14.6. The Labute approximate surface area is 176 Å². The lowest BCUT2D eigenvalue weighted by molar-refractivity contribution is 1.50. The number of hydrogen-bond donors (Lipinski definition) is 4. The molecule has 4 heteroatoms. The van der Waals surface area contributed by atoms with Gasteiger partial charge in [-0.25, -0.2) is 0 Å². The summed E-state index contributed by atoms with van der Waals surface area (Å²) in [6, 6.07) is 31.2. The van der Waals surface area contributed by atoms with Crippen molar-refractivity contribution >= 4 is 33.9 Å². The van der Waals surface area contributed by atoms with Crippen LogP contribution in [-0.2, 0) is 0 Å². The average molecular weight is 393 g/mol. The molecule has 0 aliphatic rings. The first-order valence-electron chi connectivity index (χ1n) is 9.71. The largest absolute Gasteiger partial charge is 0.399 e. The van der Waals surface area contributed by atoms with E-state index in [0.717, 1.165) is 33.4 Å². The van der Waals surface area contributed by atoms with Crippen molar-refractivity contribution in [1.29, 1.82) is 0 Å². The third-order valence-corrected chi connectivity index (χ3v) is 5.14. The molecule has 0 bridgehead atoms. The van der Waals surface area contributed by atoms with E-state index >= 15 is 0 Å². The molecule has 148 valence electrons. The second kappa shape index (κ2) is 8.05. The van der Waals surface area contributed by atoms with Crippen molar-refractivity contribution in [1.82, 2.24) is 0 Å². The number of benzene rings is 4. The highest BCUT2D eigenvalue weighted by atomic mass is 14.6. The maximum Gasteiger partial charge on any atom is 0.0394 e. The highest BCUT2D eigenvalue weighted by molar-refractivity contribution is 6.09. The van der Waals surface area contributed by atoms with Gasteiger partial charge in [-0.15, -0.1) is 0 Å². The standard InChI is InChI=1S/C26H24N4/c27-18-15-13-17(14-16-18)25(19-7-1-4-10-22(19)28)26(20-8-2-5-11-23(20)29)21-9-3-6-12-24(21)30/h1-16H,27-30H2. The van der Waals surface area contributed by atoms with Crippen LogP contribution in [0.25, 0.3) is 11.1 Å². The van der Waals surface area contributed by atoms with E-state index in [1.165, 1.54) is 0 Å². The fourth-order valence-corrected chi connectivity index (χ4v) is 3.67. The van der Waals surface area contributed by atoms with E-state index in [1.54, 1.807) is 0 Å². The number of hydrogen-bond acceptors (Lipinski definition) is 4. The van der Waals surface area contributed by atoms with Crippen LogP contribution in [0.15, 0.2) is 97.1 Å². The van der Waals surface area contributed by atoms with Crippen molar-refractivity contribution in [3.8, 4) is 0 Å². The average Bonchev–Trinajstić information content (AvgIpc) is 2.75. The van der Waals surface area contributed by atoms with Crippen molar-refractivity contribution in [2.24, 2.45) is 0 Å². The van der Waals surface area contributed by atoms with Crippen molar-refractivity contribution in [3.05, 3.63) is 119 Å². The van der Waals surface area contributed by atoms with Crippen LogP contribution in [0.3, 0.4) is 0 Å². The lowest BCUT2D eigenvalue weighted by Crippen LogP contribution is -2.04. The van der Waals surface area contributed by atoms with Gasteiger partial charge in [0.05, 0.1) is 0 Å². The molecule has 30 heavy (non-hydrogen) atoms. The monoisotopic (exact) mass is 392 g/mol. The molecular weight excluding hydrogens is 368 g/mol. The highest BCUT2D eigenvalue weighted by Gasteiger charge is 2.20. The summed E-state index contributed by atoms with van der Waals surface area (Å²) in [5.41, 5.74) is 33.5. The van der Waals surface area contributed by atoms with E-state index in [1.807, 2.05) is 97.1 Å². The summed E-state index contributed by atoms with van der Waals surface area (Å²) in [5.74, 6) is 0. The molecule has 0 unspecified atom stereocenters. The van der Waals surface area contributed by atoms with Crippen LogP contribution < -0.4 is 22.9 Å². The number of rotatable bonds is 4. The van der Waals surface area contributed by atoms with Crippen LogP contribution >= 0.6 is 0 Å². The molecular formula is C26H24N4. The summed E-state index contributed by atoms with van der Waals surface area (Å²) < 4.78 is 0. The number of anilines is 4. The van der Waals surface area contributed by atoms with Gasteiger partial charge >= 0.3 is 0 Å². The SMILES string of the molecule is Nc1ccc(C(=C(c2ccccc2N)c2ccccc2N)c2ccccc2N)cc1. The predicted octanol–water partition coefficient (Wildman–Crippen LogP) is 5.02. The first kappa shape index (κ1) is 19.2. The fourth-order valence-electron chi connectivity index (χ4n) is 3.67. The third kappa shape index (κ3) is 3.59. The number of nitrogen functional groups attached to an aromatic ring is 4. The second-order valence-electron chi connectivity index (χ2n) is 7.13. The molecule has 0 fully saturated rings. The normalized spacial score (nSPS) is 10.5. The summed E-state index contributed by atoms with van der Waals surface area (Å²) >= 11 is 0. The van der Waals surface area contributed by atoms with Gasteiger partial charge in [-0.3, -0.25) is 0 Å². The van der Waals surface area contributed by atoms with E-state index in [-0.39, 0.29) is 0 Å². The van der Waals surface area contributed by atoms with Gasteiger partial charge in [0.1, 0.15) is 0 Å². The lowest BCUT2D eigenvalue weighted by atomic mass is 9.84. The smallest absolute Gasteiger partial charge is 0.0394 e. The number of nitrogens with two attached hydrogens (primary N) is 4. The molecule has 0 saturated heterocycles. The summed E-state index contributed by atoms with van der Waals surface area (Å²) in [4.78, 5) is 0. The Hall–Kier alpha value is -4.18. The molecule has 4 aromatic carbocycles. The van der Waals surface area contributed by atoms with Crippen LogP contribution in [0.2, 0.25) is 0 Å². The Morgan fingerprint density at radius 3 is 1.17 bits per heavy atom. The summed E-state index contributed by atoms with van der Waals surface area (Å²) in [5, 5.41) is 0. The fraction of sp³-hybridized carbons (Fsp3) is 0. The van der Waals surface area contributed by atoms with Gasteiger partial charge in [0.15, 0.2) is 0 Å². The van der Waals surface area contributed by atoms with Crippen molar-refractivity contribution in [3.63, 3.8) is 0 Å². The minimum atomic E-state index is 0.665. The number of para-hydroxylation sites is 3. The molecule has 0 aromatic heterocycles. The minimum absolute atomic E-state index is 0.665. The third-order valence-electron chi connectivity index (χ3n) is 5.14. The zero-order chi connectivity index (χ0) is 21.1. The second-order valence-corrected chi connectivity index (χ2v) is 7.13. The maximum atomic E-state index is 6.44. The van der Waals surface area contributed by atoms with E-state index in [0.29, 0.717) is 22.7 Å². The molecule has 4 rings (SSSR count). The first-order valence-corrected chi connectivity index (χ1v) is 9.71. The van der Waals surface area contributed by atoms with Crippen LogP contribution in [0.4, 0.5) is 22.7 Å². The molecule has 0 radical (unpaired) electrons. The molecule has 8 N–H and O–H groups in total. The molecule has 4 nitrogen and oxygen atoms in total. The maximum absolute atomic E-state index is 6.44. The van der Waals surface area contributed by atoms with E-state index in [4.69, 9.17) is 22.9 Å². The Kier molecular flexibility index (Phi) is 5.14. The van der Waals surface area contributed by atoms with Gasteiger partial charge in [-0.1, -0.05) is 66.7 Å². The zero-order valence-electron chi connectivity index (χ0n) is 16.5. The van der Waals surface area contributed by atoms with Gasteiger partial charge in [0.2, 0.25) is 0 Å². The van der Waals surface area contributed by atoms with Crippen LogP contribution in [0.1, 0.15) is 22.3 Å². The van der Waals surface area contributed by atoms with Gasteiger partial charge in [-0.05, 0) is 41.5 Å². The predicted molar refractivity (Wildman–Crippen MR) is 128 cm³/mol. The van der Waals surface area contributed by atoms with Crippen molar-refractivity contribution in [2.45, 2.75) is 0 Å². The van der Waals surface area contributed by atoms with E-state index in [2.05, 4.69) is 0 Å². The molecule has 0 aliphatic heterocycles. The molecule has 0 aliphatic carbocycles. The molecule has 4 aromatic rings. The van der Waals surface area contributed by atoms with Gasteiger partial charge in [0.25, 0.3) is 0 Å². The summed E-state index contributed by atoms with van der Waals surface area (Å²) in [6.07, 6.45) is 0. The molecule has 0 saturated carbocycles. The zero-order valence-corrected chi connectivity index (χ0v) is 16.5. The summed E-state index contributed by atoms with van der Waals surface area (Å²) in [6.45, 7) is 0. The lowest BCUT2D eigenvalue weighted by Gasteiger charge is -2.21. The van der Waals surface area contributed by atoms with Crippen LogP contribution in [-0.4, -0.2) is 0 Å². The van der Waals surface area contributed by atoms with Crippen molar-refractivity contribution < 1.29 is 0 Å². The molecule has 0 amide bonds. The minimum Gasteiger partial charge on any atom is -0.399 e.